The number of hydrogen-bond donors (Lipinski definition) is 2. The fraction of sp³-hybridized carbons (Fsp3) is 0.150. The molecule has 0 bridgehead atoms. The number of hydrogen-bond acceptors (Lipinski definition) is 5. The average molecular weight is 416 g/mol. The lowest BCUT2D eigenvalue weighted by Gasteiger charge is -2.04. The molecule has 10 heteroatoms. The third-order valence-electron chi connectivity index (χ3n) is 3.84. The molecular weight excluding hydrogens is 398 g/mol. The summed E-state index contributed by atoms with van der Waals surface area (Å²) < 4.78 is 35.2. The number of ether oxygens (including phenoxy) is 1. The third-order valence-corrected chi connectivity index (χ3v) is 3.84. The van der Waals surface area contributed by atoms with Crippen LogP contribution < -0.4 is 15.4 Å². The normalized spacial score (nSPS) is 11.1. The number of carbonyl (C=O) groups excluding carboxylic acids is 2. The first-order valence-electron chi connectivity index (χ1n) is 8.79. The maximum Gasteiger partial charge on any atom is 0.387 e. The van der Waals surface area contributed by atoms with Crippen molar-refractivity contribution in [1.29, 1.82) is 0 Å². The van der Waals surface area contributed by atoms with Gasteiger partial charge in [0.25, 0.3) is 5.91 Å². The van der Waals surface area contributed by atoms with Gasteiger partial charge < -0.3 is 19.8 Å². The SMILES string of the molecule is Cn1cc(NC(=O)/C=C\c2ccc(OC(F)F)cc2)c(C(=O)NCc2ccco2)n1. The van der Waals surface area contributed by atoms with Crippen LogP contribution in [0, 0.1) is 0 Å². The number of aromatic nitrogens is 2. The quantitative estimate of drug-likeness (QED) is 0.550. The van der Waals surface area contributed by atoms with Gasteiger partial charge in [-0.05, 0) is 35.9 Å². The largest absolute Gasteiger partial charge is 0.467 e. The number of anilines is 1. The van der Waals surface area contributed by atoms with E-state index in [-0.39, 0.29) is 23.7 Å². The first kappa shape index (κ1) is 20.8. The zero-order valence-corrected chi connectivity index (χ0v) is 15.8. The van der Waals surface area contributed by atoms with E-state index < -0.39 is 18.4 Å². The summed E-state index contributed by atoms with van der Waals surface area (Å²) in [7, 11) is 1.62. The number of carbonyl (C=O) groups is 2. The number of rotatable bonds is 8. The summed E-state index contributed by atoms with van der Waals surface area (Å²) in [5.74, 6) is -0.359. The van der Waals surface area contributed by atoms with Crippen molar-refractivity contribution >= 4 is 23.6 Å². The van der Waals surface area contributed by atoms with Crippen LogP contribution in [-0.2, 0) is 18.4 Å². The Morgan fingerprint density at radius 1 is 1.27 bits per heavy atom. The van der Waals surface area contributed by atoms with E-state index in [0.717, 1.165) is 0 Å². The number of alkyl halides is 2. The van der Waals surface area contributed by atoms with Gasteiger partial charge in [0.2, 0.25) is 5.91 Å². The average Bonchev–Trinajstić information content (AvgIpc) is 3.35. The summed E-state index contributed by atoms with van der Waals surface area (Å²) >= 11 is 0. The minimum atomic E-state index is -2.90. The molecule has 2 aromatic heterocycles. The van der Waals surface area contributed by atoms with Crippen LogP contribution in [0.25, 0.3) is 6.08 Å². The number of nitrogens with one attached hydrogen (secondary N) is 2. The first-order valence-corrected chi connectivity index (χ1v) is 8.79. The Balaban J connectivity index is 1.60. The molecule has 156 valence electrons. The molecule has 0 aliphatic rings. The van der Waals surface area contributed by atoms with Crippen molar-refractivity contribution in [2.75, 3.05) is 5.32 Å². The maximum atomic E-state index is 12.4. The second-order valence-electron chi connectivity index (χ2n) is 6.10. The van der Waals surface area contributed by atoms with Crippen LogP contribution in [0.2, 0.25) is 0 Å². The molecule has 0 aliphatic heterocycles. The van der Waals surface area contributed by atoms with Gasteiger partial charge in [0, 0.05) is 19.3 Å². The Morgan fingerprint density at radius 3 is 2.70 bits per heavy atom. The molecule has 3 rings (SSSR count). The molecule has 0 saturated heterocycles. The van der Waals surface area contributed by atoms with Crippen molar-refractivity contribution < 1.29 is 27.5 Å². The van der Waals surface area contributed by atoms with Gasteiger partial charge in [-0.1, -0.05) is 12.1 Å². The van der Waals surface area contributed by atoms with Crippen LogP contribution in [0.1, 0.15) is 21.8 Å². The number of halogens is 2. The fourth-order valence-corrected chi connectivity index (χ4v) is 2.52. The standard InChI is InChI=1S/C20H18F2N4O4/c1-26-12-16(18(25-26)19(28)23-11-15-3-2-10-29-15)24-17(27)9-6-13-4-7-14(8-5-13)30-20(21)22/h2-10,12,20H,11H2,1H3,(H,23,28)(H,24,27)/b9-6-. The Hall–Kier alpha value is -3.95. The third kappa shape index (κ3) is 5.77. The van der Waals surface area contributed by atoms with Crippen molar-refractivity contribution in [2.24, 2.45) is 7.05 Å². The van der Waals surface area contributed by atoms with Crippen LogP contribution in [0.5, 0.6) is 5.75 Å². The van der Waals surface area contributed by atoms with Crippen molar-refractivity contribution in [2.45, 2.75) is 13.2 Å². The van der Waals surface area contributed by atoms with Gasteiger partial charge in [-0.25, -0.2) is 0 Å². The number of benzene rings is 1. The summed E-state index contributed by atoms with van der Waals surface area (Å²) in [6.07, 6.45) is 5.75. The Kier molecular flexibility index (Phi) is 6.58. The highest BCUT2D eigenvalue weighted by Crippen LogP contribution is 2.16. The van der Waals surface area contributed by atoms with Gasteiger partial charge in [-0.2, -0.15) is 13.9 Å². The lowest BCUT2D eigenvalue weighted by molar-refractivity contribution is -0.111. The molecule has 2 amide bonds. The van der Waals surface area contributed by atoms with Crippen molar-refractivity contribution in [3.8, 4) is 5.75 Å². The molecule has 0 radical (unpaired) electrons. The molecule has 30 heavy (non-hydrogen) atoms. The minimum Gasteiger partial charge on any atom is -0.467 e. The number of aryl methyl sites for hydroxylation is 1. The van der Waals surface area contributed by atoms with Gasteiger partial charge in [-0.3, -0.25) is 14.3 Å². The molecule has 1 aromatic carbocycles. The molecular formula is C20H18F2N4O4. The van der Waals surface area contributed by atoms with E-state index in [0.29, 0.717) is 11.3 Å². The van der Waals surface area contributed by atoms with E-state index in [1.54, 1.807) is 19.2 Å². The van der Waals surface area contributed by atoms with Crippen LogP contribution in [0.15, 0.2) is 59.4 Å². The van der Waals surface area contributed by atoms with Crippen LogP contribution in [0.3, 0.4) is 0 Å². The van der Waals surface area contributed by atoms with E-state index in [1.807, 2.05) is 0 Å². The summed E-state index contributed by atoms with van der Waals surface area (Å²) in [6.45, 7) is -2.72. The lowest BCUT2D eigenvalue weighted by Crippen LogP contribution is -2.24. The summed E-state index contributed by atoms with van der Waals surface area (Å²) in [5.41, 5.74) is 0.901. The second-order valence-corrected chi connectivity index (χ2v) is 6.10. The molecule has 0 atom stereocenters. The maximum absolute atomic E-state index is 12.4. The molecule has 0 spiro atoms. The topological polar surface area (TPSA) is 98.4 Å². The number of nitrogens with zero attached hydrogens (tertiary/aromatic N) is 2. The lowest BCUT2D eigenvalue weighted by atomic mass is 10.2. The molecule has 0 unspecified atom stereocenters. The zero-order chi connectivity index (χ0) is 21.5. The van der Waals surface area contributed by atoms with Gasteiger partial charge >= 0.3 is 6.61 Å². The second kappa shape index (κ2) is 9.50. The molecule has 2 N–H and O–H groups in total. The van der Waals surface area contributed by atoms with E-state index in [4.69, 9.17) is 4.42 Å². The Morgan fingerprint density at radius 2 is 2.03 bits per heavy atom. The van der Waals surface area contributed by atoms with Gasteiger partial charge in [-0.15, -0.1) is 0 Å². The Labute approximate surface area is 170 Å². The predicted molar refractivity (Wildman–Crippen MR) is 104 cm³/mol. The highest BCUT2D eigenvalue weighted by atomic mass is 19.3. The molecule has 8 nitrogen and oxygen atoms in total. The monoisotopic (exact) mass is 416 g/mol. The number of furan rings is 1. The van der Waals surface area contributed by atoms with Crippen molar-refractivity contribution in [1.82, 2.24) is 15.1 Å². The van der Waals surface area contributed by atoms with Crippen molar-refractivity contribution in [3.05, 3.63) is 72.0 Å². The molecule has 2 heterocycles. The van der Waals surface area contributed by atoms with E-state index in [2.05, 4.69) is 20.5 Å². The van der Waals surface area contributed by atoms with Crippen LogP contribution in [-0.4, -0.2) is 28.2 Å². The summed E-state index contributed by atoms with van der Waals surface area (Å²) in [4.78, 5) is 24.6. The minimum absolute atomic E-state index is 0.0205. The Bertz CT molecular complexity index is 1030. The van der Waals surface area contributed by atoms with Gasteiger partial charge in [0.15, 0.2) is 5.69 Å². The van der Waals surface area contributed by atoms with Crippen LogP contribution >= 0.6 is 0 Å². The number of amides is 2. The van der Waals surface area contributed by atoms with Gasteiger partial charge in [0.1, 0.15) is 11.5 Å². The summed E-state index contributed by atoms with van der Waals surface area (Å²) in [6, 6.07) is 9.22. The highest BCUT2D eigenvalue weighted by molar-refractivity contribution is 6.06. The van der Waals surface area contributed by atoms with E-state index in [9.17, 15) is 18.4 Å². The van der Waals surface area contributed by atoms with E-state index >= 15 is 0 Å². The van der Waals surface area contributed by atoms with Crippen molar-refractivity contribution in [3.63, 3.8) is 0 Å². The molecule has 0 aliphatic carbocycles. The van der Waals surface area contributed by atoms with Crippen LogP contribution in [0.4, 0.5) is 14.5 Å². The predicted octanol–water partition coefficient (Wildman–Crippen LogP) is 3.20. The fourth-order valence-electron chi connectivity index (χ4n) is 2.52. The molecule has 3 aromatic rings. The first-order chi connectivity index (χ1) is 14.4. The smallest absolute Gasteiger partial charge is 0.387 e. The summed E-state index contributed by atoms with van der Waals surface area (Å²) in [5, 5.41) is 9.33. The van der Waals surface area contributed by atoms with E-state index in [1.165, 1.54) is 53.6 Å². The molecule has 0 fully saturated rings. The highest BCUT2D eigenvalue weighted by Gasteiger charge is 2.17. The molecule has 0 saturated carbocycles. The zero-order valence-electron chi connectivity index (χ0n) is 15.8. The van der Waals surface area contributed by atoms with Gasteiger partial charge in [0.05, 0.1) is 18.5 Å².